The Kier molecular flexibility index (Phi) is 9.02. The van der Waals surface area contributed by atoms with E-state index in [-0.39, 0.29) is 29.9 Å². The lowest BCUT2D eigenvalue weighted by Gasteiger charge is -2.16. The number of nitrogens with one attached hydrogen (secondary N) is 4. The fraction of sp³-hybridized carbons (Fsp3) is 0.591. The second kappa shape index (κ2) is 12.0. The van der Waals surface area contributed by atoms with E-state index in [4.69, 9.17) is 4.74 Å². The molecule has 3 atom stereocenters. The van der Waals surface area contributed by atoms with E-state index in [2.05, 4.69) is 21.3 Å². The Hall–Kier alpha value is -2.26. The first-order chi connectivity index (χ1) is 15.1. The summed E-state index contributed by atoms with van der Waals surface area (Å²) >= 11 is 1.89. The average Bonchev–Trinajstić information content (AvgIpc) is 3.30. The molecule has 0 saturated carbocycles. The number of unbranched alkanes of at least 4 members (excludes halogenated alkanes) is 1. The fourth-order valence-electron chi connectivity index (χ4n) is 3.86. The zero-order chi connectivity index (χ0) is 22.1. The number of rotatable bonds is 12. The normalized spacial score (nSPS) is 21.8. The first-order valence-corrected chi connectivity index (χ1v) is 12.1. The highest BCUT2D eigenvalue weighted by atomic mass is 32.2. The van der Waals surface area contributed by atoms with Crippen LogP contribution in [-0.2, 0) is 9.53 Å². The van der Waals surface area contributed by atoms with Crippen LogP contribution in [0.3, 0.4) is 0 Å². The molecule has 0 aliphatic carbocycles. The van der Waals surface area contributed by atoms with E-state index in [1.807, 2.05) is 18.7 Å². The summed E-state index contributed by atoms with van der Waals surface area (Å²) < 4.78 is 5.26. The van der Waals surface area contributed by atoms with Gasteiger partial charge in [0.15, 0.2) is 0 Å². The van der Waals surface area contributed by atoms with Gasteiger partial charge in [-0.1, -0.05) is 12.5 Å². The molecule has 4 N–H and O–H groups in total. The van der Waals surface area contributed by atoms with Gasteiger partial charge in [-0.15, -0.1) is 0 Å². The van der Waals surface area contributed by atoms with Crippen molar-refractivity contribution in [3.8, 4) is 0 Å². The third-order valence-electron chi connectivity index (χ3n) is 5.44. The maximum Gasteiger partial charge on any atom is 0.315 e. The Morgan fingerprint density at radius 2 is 2.10 bits per heavy atom. The van der Waals surface area contributed by atoms with Crippen molar-refractivity contribution in [1.29, 1.82) is 0 Å². The third kappa shape index (κ3) is 7.14. The van der Waals surface area contributed by atoms with Gasteiger partial charge in [-0.2, -0.15) is 11.8 Å². The van der Waals surface area contributed by atoms with E-state index in [1.165, 1.54) is 0 Å². The SMILES string of the molecule is CCOCCCNC(=O)c1cccc(NC(=O)CCCC[C@@H]2SC[C@@H]3NC(=O)N[C@@H]32)c1. The van der Waals surface area contributed by atoms with E-state index in [1.54, 1.807) is 24.3 Å². The van der Waals surface area contributed by atoms with Gasteiger partial charge in [-0.3, -0.25) is 9.59 Å². The van der Waals surface area contributed by atoms with Crippen LogP contribution in [0, 0.1) is 0 Å². The Balaban J connectivity index is 1.34. The number of amides is 4. The Morgan fingerprint density at radius 3 is 2.94 bits per heavy atom. The summed E-state index contributed by atoms with van der Waals surface area (Å²) in [6, 6.07) is 7.36. The number of fused-ring (bicyclic) bond motifs is 1. The standard InChI is InChI=1S/C22H32N4O4S/c1-2-30-12-6-11-23-21(28)15-7-5-8-16(13-15)24-19(27)10-4-3-9-18-20-17(14-31-18)25-22(29)26-20/h5,7-8,13,17-18,20H,2-4,6,9-12,14H2,1H3,(H,23,28)(H,24,27)(H2,25,26,29)/t17-,18-,20-/m0/s1. The van der Waals surface area contributed by atoms with E-state index in [9.17, 15) is 14.4 Å². The molecule has 0 radical (unpaired) electrons. The minimum Gasteiger partial charge on any atom is -0.382 e. The molecule has 1 aromatic rings. The summed E-state index contributed by atoms with van der Waals surface area (Å²) in [4.78, 5) is 36.0. The first-order valence-electron chi connectivity index (χ1n) is 11.0. The predicted molar refractivity (Wildman–Crippen MR) is 122 cm³/mol. The molecule has 0 bridgehead atoms. The molecule has 2 heterocycles. The van der Waals surface area contributed by atoms with Gasteiger partial charge in [0.05, 0.1) is 12.1 Å². The second-order valence-corrected chi connectivity index (χ2v) is 9.08. The quantitative estimate of drug-likeness (QED) is 0.290. The molecule has 0 aromatic heterocycles. The van der Waals surface area contributed by atoms with Crippen molar-refractivity contribution in [2.45, 2.75) is 56.4 Å². The van der Waals surface area contributed by atoms with Crippen LogP contribution >= 0.6 is 11.8 Å². The molecule has 2 aliphatic rings. The summed E-state index contributed by atoms with van der Waals surface area (Å²) in [6.45, 7) is 3.79. The van der Waals surface area contributed by atoms with Crippen molar-refractivity contribution in [2.75, 3.05) is 30.8 Å². The molecular formula is C22H32N4O4S. The van der Waals surface area contributed by atoms with Crippen molar-refractivity contribution in [2.24, 2.45) is 0 Å². The number of hydrogen-bond donors (Lipinski definition) is 4. The molecule has 0 spiro atoms. The number of anilines is 1. The van der Waals surface area contributed by atoms with E-state index >= 15 is 0 Å². The van der Waals surface area contributed by atoms with Gasteiger partial charge in [0, 0.05) is 48.4 Å². The summed E-state index contributed by atoms with van der Waals surface area (Å²) in [5, 5.41) is 12.1. The third-order valence-corrected chi connectivity index (χ3v) is 6.95. The molecular weight excluding hydrogens is 416 g/mol. The molecule has 9 heteroatoms. The van der Waals surface area contributed by atoms with Crippen LogP contribution in [0.5, 0.6) is 0 Å². The number of carbonyl (C=O) groups is 3. The first kappa shape index (κ1) is 23.4. The van der Waals surface area contributed by atoms with Crippen LogP contribution in [0.15, 0.2) is 24.3 Å². The summed E-state index contributed by atoms with van der Waals surface area (Å²) in [7, 11) is 0. The smallest absolute Gasteiger partial charge is 0.315 e. The zero-order valence-electron chi connectivity index (χ0n) is 17.9. The van der Waals surface area contributed by atoms with Crippen LogP contribution in [0.4, 0.5) is 10.5 Å². The molecule has 3 rings (SSSR count). The van der Waals surface area contributed by atoms with Crippen molar-refractivity contribution < 1.29 is 19.1 Å². The fourth-order valence-corrected chi connectivity index (χ4v) is 5.40. The topological polar surface area (TPSA) is 109 Å². The molecule has 170 valence electrons. The number of urea groups is 1. The second-order valence-electron chi connectivity index (χ2n) is 7.80. The van der Waals surface area contributed by atoms with Crippen molar-refractivity contribution in [3.05, 3.63) is 29.8 Å². The van der Waals surface area contributed by atoms with Gasteiger partial charge in [0.2, 0.25) is 5.91 Å². The maximum atomic E-state index is 12.3. The largest absolute Gasteiger partial charge is 0.382 e. The number of benzene rings is 1. The maximum absolute atomic E-state index is 12.3. The Bertz CT molecular complexity index is 776. The number of ether oxygens (including phenoxy) is 1. The van der Waals surface area contributed by atoms with Crippen molar-refractivity contribution >= 4 is 35.3 Å². The molecule has 4 amide bonds. The van der Waals surface area contributed by atoms with Gasteiger partial charge in [0.1, 0.15) is 0 Å². The van der Waals surface area contributed by atoms with Crippen LogP contribution < -0.4 is 21.3 Å². The highest BCUT2D eigenvalue weighted by Gasteiger charge is 2.42. The summed E-state index contributed by atoms with van der Waals surface area (Å²) in [5.41, 5.74) is 1.15. The van der Waals surface area contributed by atoms with Crippen LogP contribution in [0.25, 0.3) is 0 Å². The van der Waals surface area contributed by atoms with E-state index in [0.29, 0.717) is 42.7 Å². The molecule has 1 aromatic carbocycles. The zero-order valence-corrected chi connectivity index (χ0v) is 18.8. The average molecular weight is 449 g/mol. The van der Waals surface area contributed by atoms with E-state index < -0.39 is 0 Å². The Morgan fingerprint density at radius 1 is 1.23 bits per heavy atom. The minimum absolute atomic E-state index is 0.0536. The number of carbonyl (C=O) groups excluding carboxylic acids is 3. The summed E-state index contributed by atoms with van der Waals surface area (Å²) in [5.74, 6) is 0.737. The van der Waals surface area contributed by atoms with Gasteiger partial charge >= 0.3 is 6.03 Å². The minimum atomic E-state index is -0.159. The molecule has 2 saturated heterocycles. The van der Waals surface area contributed by atoms with Gasteiger partial charge in [0.25, 0.3) is 5.91 Å². The number of thioether (sulfide) groups is 1. The van der Waals surface area contributed by atoms with Gasteiger partial charge in [-0.25, -0.2) is 4.79 Å². The van der Waals surface area contributed by atoms with Crippen LogP contribution in [-0.4, -0.2) is 60.7 Å². The Labute approximate surface area is 187 Å². The molecule has 2 fully saturated rings. The molecule has 31 heavy (non-hydrogen) atoms. The van der Waals surface area contributed by atoms with Crippen molar-refractivity contribution in [3.63, 3.8) is 0 Å². The lowest BCUT2D eigenvalue weighted by Crippen LogP contribution is -2.36. The highest BCUT2D eigenvalue weighted by molar-refractivity contribution is 8.00. The lowest BCUT2D eigenvalue weighted by molar-refractivity contribution is -0.116. The number of hydrogen-bond acceptors (Lipinski definition) is 5. The molecule has 2 aliphatic heterocycles. The van der Waals surface area contributed by atoms with E-state index in [0.717, 1.165) is 31.4 Å². The molecule has 8 nitrogen and oxygen atoms in total. The van der Waals surface area contributed by atoms with Crippen molar-refractivity contribution in [1.82, 2.24) is 16.0 Å². The van der Waals surface area contributed by atoms with Gasteiger partial charge < -0.3 is 26.0 Å². The lowest BCUT2D eigenvalue weighted by atomic mass is 10.0. The van der Waals surface area contributed by atoms with Crippen LogP contribution in [0.2, 0.25) is 0 Å². The monoisotopic (exact) mass is 448 g/mol. The molecule has 0 unspecified atom stereocenters. The highest BCUT2D eigenvalue weighted by Crippen LogP contribution is 2.33. The van der Waals surface area contributed by atoms with Crippen LogP contribution in [0.1, 0.15) is 49.4 Å². The van der Waals surface area contributed by atoms with Gasteiger partial charge in [-0.05, 0) is 44.4 Å². The predicted octanol–water partition coefficient (Wildman–Crippen LogP) is 2.51. The summed E-state index contributed by atoms with van der Waals surface area (Å²) in [6.07, 6.45) is 3.92.